The smallest absolute Gasteiger partial charge is 0.151 e. The Balaban J connectivity index is 2.32. The Hall–Kier alpha value is 1.000. The van der Waals surface area contributed by atoms with E-state index < -0.39 is 9.84 Å². The van der Waals surface area contributed by atoms with Crippen molar-refractivity contribution >= 4 is 45.1 Å². The standard InChI is InChI=1S/C8H16O2S4/c9-14(10)7-5-12-3-1-11-2-4-13-6-8-14/h1-8H2. The number of rotatable bonds is 0. The topological polar surface area (TPSA) is 34.1 Å². The van der Waals surface area contributed by atoms with E-state index >= 15 is 0 Å². The normalized spacial score (nSPS) is 26.0. The molecular weight excluding hydrogens is 256 g/mol. The van der Waals surface area contributed by atoms with Crippen LogP contribution in [0.3, 0.4) is 0 Å². The zero-order chi connectivity index (χ0) is 10.3. The zero-order valence-electron chi connectivity index (χ0n) is 8.11. The molecule has 0 N–H and O–H groups in total. The van der Waals surface area contributed by atoms with Crippen molar-refractivity contribution in [2.45, 2.75) is 0 Å². The van der Waals surface area contributed by atoms with E-state index in [-0.39, 0.29) is 0 Å². The van der Waals surface area contributed by atoms with Gasteiger partial charge in [0.15, 0.2) is 9.84 Å². The SMILES string of the molecule is O=S1(=O)CCSCCSCCSCC1. The lowest BCUT2D eigenvalue weighted by Gasteiger charge is -2.07. The van der Waals surface area contributed by atoms with E-state index in [0.717, 1.165) is 34.5 Å². The second-order valence-electron chi connectivity index (χ2n) is 2.99. The molecule has 1 aliphatic rings. The summed E-state index contributed by atoms with van der Waals surface area (Å²) in [7, 11) is -2.76. The predicted octanol–water partition coefficient (Wildman–Crippen LogP) is 1.61. The van der Waals surface area contributed by atoms with Crippen molar-refractivity contribution in [3.05, 3.63) is 0 Å². The fourth-order valence-corrected chi connectivity index (χ4v) is 6.69. The molecule has 0 aromatic rings. The maximum Gasteiger partial charge on any atom is 0.151 e. The highest BCUT2D eigenvalue weighted by Gasteiger charge is 2.10. The van der Waals surface area contributed by atoms with Crippen LogP contribution in [0, 0.1) is 0 Å². The first-order valence-corrected chi connectivity index (χ1v) is 9.93. The van der Waals surface area contributed by atoms with Crippen LogP contribution in [0.5, 0.6) is 0 Å². The molecule has 0 radical (unpaired) electrons. The van der Waals surface area contributed by atoms with Crippen LogP contribution in [-0.2, 0) is 9.84 Å². The zero-order valence-corrected chi connectivity index (χ0v) is 11.4. The lowest BCUT2D eigenvalue weighted by molar-refractivity contribution is 0.599. The molecule has 1 fully saturated rings. The van der Waals surface area contributed by atoms with Gasteiger partial charge >= 0.3 is 0 Å². The first kappa shape index (κ1) is 13.1. The van der Waals surface area contributed by atoms with E-state index in [1.807, 2.05) is 11.8 Å². The minimum Gasteiger partial charge on any atom is -0.229 e. The summed E-state index contributed by atoms with van der Waals surface area (Å²) < 4.78 is 22.9. The maximum atomic E-state index is 11.5. The van der Waals surface area contributed by atoms with Gasteiger partial charge in [-0.25, -0.2) is 8.42 Å². The summed E-state index contributed by atoms with van der Waals surface area (Å²) in [6.45, 7) is 0. The molecule has 1 rings (SSSR count). The second kappa shape index (κ2) is 7.30. The molecule has 1 saturated heterocycles. The third kappa shape index (κ3) is 6.48. The molecule has 1 heterocycles. The number of hydrogen-bond acceptors (Lipinski definition) is 5. The number of hydrogen-bond donors (Lipinski definition) is 0. The van der Waals surface area contributed by atoms with Gasteiger partial charge in [-0.2, -0.15) is 35.3 Å². The molecule has 0 spiro atoms. The van der Waals surface area contributed by atoms with Gasteiger partial charge in [-0.3, -0.25) is 0 Å². The molecule has 2 nitrogen and oxygen atoms in total. The summed E-state index contributed by atoms with van der Waals surface area (Å²) in [4.78, 5) is 0. The summed E-state index contributed by atoms with van der Waals surface area (Å²) in [5.74, 6) is 6.76. The van der Waals surface area contributed by atoms with E-state index in [9.17, 15) is 8.42 Å². The summed E-state index contributed by atoms with van der Waals surface area (Å²) in [5, 5.41) is 0. The van der Waals surface area contributed by atoms with Crippen molar-refractivity contribution in [1.82, 2.24) is 0 Å². The van der Waals surface area contributed by atoms with Crippen LogP contribution in [0.4, 0.5) is 0 Å². The van der Waals surface area contributed by atoms with Crippen LogP contribution in [0.1, 0.15) is 0 Å². The van der Waals surface area contributed by atoms with Crippen LogP contribution >= 0.6 is 35.3 Å². The van der Waals surface area contributed by atoms with E-state index in [0.29, 0.717) is 11.5 Å². The first-order chi connectivity index (χ1) is 6.71. The van der Waals surface area contributed by atoms with Crippen molar-refractivity contribution < 1.29 is 8.42 Å². The summed E-state index contributed by atoms with van der Waals surface area (Å²) >= 11 is 5.50. The van der Waals surface area contributed by atoms with Gasteiger partial charge in [0.2, 0.25) is 0 Å². The average Bonchev–Trinajstić information content (AvgIpc) is 2.11. The van der Waals surface area contributed by atoms with Gasteiger partial charge < -0.3 is 0 Å². The Morgan fingerprint density at radius 3 is 1.43 bits per heavy atom. The first-order valence-electron chi connectivity index (χ1n) is 4.64. The molecule has 0 aromatic heterocycles. The monoisotopic (exact) mass is 272 g/mol. The largest absolute Gasteiger partial charge is 0.229 e. The van der Waals surface area contributed by atoms with E-state index in [1.165, 1.54) is 0 Å². The van der Waals surface area contributed by atoms with Gasteiger partial charge in [0.1, 0.15) is 0 Å². The van der Waals surface area contributed by atoms with Crippen LogP contribution in [0.2, 0.25) is 0 Å². The molecule has 0 bridgehead atoms. The fourth-order valence-electron chi connectivity index (χ4n) is 1.02. The fraction of sp³-hybridized carbons (Fsp3) is 1.00. The third-order valence-electron chi connectivity index (χ3n) is 1.82. The summed E-state index contributed by atoms with van der Waals surface area (Å²) in [5.41, 5.74) is 0. The highest BCUT2D eigenvalue weighted by atomic mass is 32.2. The van der Waals surface area contributed by atoms with Gasteiger partial charge in [-0.05, 0) is 0 Å². The molecule has 14 heavy (non-hydrogen) atoms. The van der Waals surface area contributed by atoms with Crippen LogP contribution in [0.15, 0.2) is 0 Å². The average molecular weight is 272 g/mol. The predicted molar refractivity (Wildman–Crippen MR) is 70.6 cm³/mol. The molecule has 0 aromatic carbocycles. The van der Waals surface area contributed by atoms with Gasteiger partial charge in [-0.15, -0.1) is 0 Å². The molecule has 84 valence electrons. The quantitative estimate of drug-likeness (QED) is 0.669. The number of thioether (sulfide) groups is 3. The minimum atomic E-state index is -2.76. The van der Waals surface area contributed by atoms with Crippen molar-refractivity contribution in [2.24, 2.45) is 0 Å². The van der Waals surface area contributed by atoms with Crippen molar-refractivity contribution in [1.29, 1.82) is 0 Å². The molecule has 0 unspecified atom stereocenters. The van der Waals surface area contributed by atoms with Crippen LogP contribution in [0.25, 0.3) is 0 Å². The molecule has 0 saturated carbocycles. The Morgan fingerprint density at radius 1 is 0.643 bits per heavy atom. The van der Waals surface area contributed by atoms with Crippen LogP contribution in [-0.4, -0.2) is 54.4 Å². The Labute approximate surface area is 99.3 Å². The summed E-state index contributed by atoms with van der Waals surface area (Å²) in [6.07, 6.45) is 0. The van der Waals surface area contributed by atoms with Gasteiger partial charge in [-0.1, -0.05) is 0 Å². The number of sulfone groups is 1. The highest BCUT2D eigenvalue weighted by molar-refractivity contribution is 8.05. The van der Waals surface area contributed by atoms with E-state index in [2.05, 4.69) is 0 Å². The van der Waals surface area contributed by atoms with Gasteiger partial charge in [0.25, 0.3) is 0 Å². The van der Waals surface area contributed by atoms with E-state index in [4.69, 9.17) is 0 Å². The Bertz CT molecular complexity index is 220. The molecule has 6 heteroatoms. The Kier molecular flexibility index (Phi) is 6.82. The summed E-state index contributed by atoms with van der Waals surface area (Å²) in [6, 6.07) is 0. The van der Waals surface area contributed by atoms with Gasteiger partial charge in [0, 0.05) is 34.5 Å². The van der Waals surface area contributed by atoms with Crippen molar-refractivity contribution in [3.8, 4) is 0 Å². The van der Waals surface area contributed by atoms with Gasteiger partial charge in [0.05, 0.1) is 11.5 Å². The lowest BCUT2D eigenvalue weighted by atomic mass is 10.9. The molecule has 1 aliphatic heterocycles. The van der Waals surface area contributed by atoms with E-state index in [1.54, 1.807) is 23.5 Å². The van der Waals surface area contributed by atoms with Crippen LogP contribution < -0.4 is 0 Å². The lowest BCUT2D eigenvalue weighted by Crippen LogP contribution is -2.15. The maximum absolute atomic E-state index is 11.5. The molecule has 0 amide bonds. The minimum absolute atomic E-state index is 0.364. The second-order valence-corrected chi connectivity index (χ2v) is 8.97. The molecular formula is C8H16O2S4. The van der Waals surface area contributed by atoms with Crippen molar-refractivity contribution in [3.63, 3.8) is 0 Å². The third-order valence-corrected chi connectivity index (χ3v) is 7.46. The highest BCUT2D eigenvalue weighted by Crippen LogP contribution is 2.13. The van der Waals surface area contributed by atoms with Crippen molar-refractivity contribution in [2.75, 3.05) is 46.0 Å². The molecule has 0 aliphatic carbocycles. The molecule has 0 atom stereocenters. The Morgan fingerprint density at radius 2 is 1.00 bits per heavy atom.